The molecular formula is C13H17N3. The molecule has 1 aliphatic rings. The van der Waals surface area contributed by atoms with Crippen molar-refractivity contribution in [3.63, 3.8) is 0 Å². The van der Waals surface area contributed by atoms with Crippen LogP contribution < -0.4 is 5.32 Å². The molecule has 0 spiro atoms. The van der Waals surface area contributed by atoms with E-state index in [4.69, 9.17) is 0 Å². The second-order valence-corrected chi connectivity index (χ2v) is 4.63. The van der Waals surface area contributed by atoms with Crippen molar-refractivity contribution < 1.29 is 0 Å². The molecule has 0 amide bonds. The van der Waals surface area contributed by atoms with E-state index < -0.39 is 0 Å². The van der Waals surface area contributed by atoms with Crippen LogP contribution in [0.5, 0.6) is 0 Å². The van der Waals surface area contributed by atoms with Crippen molar-refractivity contribution in [1.29, 1.82) is 0 Å². The standard InChI is InChI=1S/C13H17N3/c1-9-5-6-11-10(8-15-16-11)13(9)12-4-2-3-7-14-12/h5-6,8,12,14H,2-4,7H2,1H3,(H,15,16). The van der Waals surface area contributed by atoms with Crippen molar-refractivity contribution in [2.45, 2.75) is 32.2 Å². The number of aromatic nitrogens is 2. The summed E-state index contributed by atoms with van der Waals surface area (Å²) in [6.07, 6.45) is 5.82. The van der Waals surface area contributed by atoms with Gasteiger partial charge in [-0.05, 0) is 43.5 Å². The van der Waals surface area contributed by atoms with Gasteiger partial charge in [0.05, 0.1) is 11.7 Å². The van der Waals surface area contributed by atoms with Crippen LogP contribution >= 0.6 is 0 Å². The molecule has 0 bridgehead atoms. The molecule has 2 heterocycles. The molecule has 3 rings (SSSR count). The van der Waals surface area contributed by atoms with Gasteiger partial charge in [-0.3, -0.25) is 5.10 Å². The van der Waals surface area contributed by atoms with Gasteiger partial charge in [0.2, 0.25) is 0 Å². The molecule has 0 saturated carbocycles. The highest BCUT2D eigenvalue weighted by Gasteiger charge is 2.19. The van der Waals surface area contributed by atoms with Gasteiger partial charge in [0.25, 0.3) is 0 Å². The number of hydrogen-bond acceptors (Lipinski definition) is 2. The largest absolute Gasteiger partial charge is 0.310 e. The van der Waals surface area contributed by atoms with Crippen molar-refractivity contribution in [1.82, 2.24) is 15.5 Å². The molecule has 1 fully saturated rings. The van der Waals surface area contributed by atoms with E-state index >= 15 is 0 Å². The Morgan fingerprint density at radius 3 is 3.06 bits per heavy atom. The molecule has 3 nitrogen and oxygen atoms in total. The average molecular weight is 215 g/mol. The van der Waals surface area contributed by atoms with E-state index in [0.29, 0.717) is 6.04 Å². The SMILES string of the molecule is Cc1ccc2[nH]ncc2c1C1CCCCN1. The van der Waals surface area contributed by atoms with Crippen LogP contribution in [0, 0.1) is 6.92 Å². The van der Waals surface area contributed by atoms with E-state index in [0.717, 1.165) is 12.1 Å². The van der Waals surface area contributed by atoms with Crippen molar-refractivity contribution >= 4 is 10.9 Å². The summed E-state index contributed by atoms with van der Waals surface area (Å²) in [6.45, 7) is 3.33. The number of aromatic amines is 1. The molecule has 0 aliphatic carbocycles. The molecule has 2 aromatic rings. The smallest absolute Gasteiger partial charge is 0.0653 e. The highest BCUT2D eigenvalue weighted by Crippen LogP contribution is 2.31. The predicted octanol–water partition coefficient (Wildman–Crippen LogP) is 2.69. The van der Waals surface area contributed by atoms with Crippen LogP contribution in [0.3, 0.4) is 0 Å². The van der Waals surface area contributed by atoms with E-state index in [2.05, 4.69) is 34.6 Å². The third-order valence-electron chi connectivity index (χ3n) is 3.54. The van der Waals surface area contributed by atoms with Crippen molar-refractivity contribution in [2.24, 2.45) is 0 Å². The summed E-state index contributed by atoms with van der Waals surface area (Å²) >= 11 is 0. The summed E-state index contributed by atoms with van der Waals surface area (Å²) in [4.78, 5) is 0. The average Bonchev–Trinajstić information content (AvgIpc) is 2.78. The molecule has 16 heavy (non-hydrogen) atoms. The number of benzene rings is 1. The maximum atomic E-state index is 4.15. The lowest BCUT2D eigenvalue weighted by Crippen LogP contribution is -2.27. The van der Waals surface area contributed by atoms with E-state index in [1.54, 1.807) is 0 Å². The molecule has 0 radical (unpaired) electrons. The Balaban J connectivity index is 2.12. The molecule has 3 heteroatoms. The highest BCUT2D eigenvalue weighted by atomic mass is 15.1. The summed E-state index contributed by atoms with van der Waals surface area (Å²) < 4.78 is 0. The van der Waals surface area contributed by atoms with E-state index in [1.165, 1.54) is 35.8 Å². The molecule has 84 valence electrons. The Kier molecular flexibility index (Phi) is 2.40. The van der Waals surface area contributed by atoms with E-state index in [9.17, 15) is 0 Å². The molecule has 1 aliphatic heterocycles. The number of hydrogen-bond donors (Lipinski definition) is 2. The Labute approximate surface area is 95.2 Å². The summed E-state index contributed by atoms with van der Waals surface area (Å²) in [5.41, 5.74) is 3.95. The van der Waals surface area contributed by atoms with Crippen LogP contribution in [0.1, 0.15) is 36.4 Å². The first-order valence-corrected chi connectivity index (χ1v) is 6.02. The summed E-state index contributed by atoms with van der Waals surface area (Å²) in [5, 5.41) is 12.1. The Morgan fingerprint density at radius 2 is 2.25 bits per heavy atom. The maximum absolute atomic E-state index is 4.15. The Bertz CT molecular complexity index is 495. The van der Waals surface area contributed by atoms with Crippen molar-refractivity contribution in [3.8, 4) is 0 Å². The second-order valence-electron chi connectivity index (χ2n) is 4.63. The van der Waals surface area contributed by atoms with E-state index in [-0.39, 0.29) is 0 Å². The van der Waals surface area contributed by atoms with Crippen LogP contribution in [0.2, 0.25) is 0 Å². The zero-order valence-corrected chi connectivity index (χ0v) is 9.59. The van der Waals surface area contributed by atoms with Gasteiger partial charge in [0.1, 0.15) is 0 Å². The highest BCUT2D eigenvalue weighted by molar-refractivity contribution is 5.83. The molecule has 1 atom stereocenters. The van der Waals surface area contributed by atoms with Gasteiger partial charge in [-0.25, -0.2) is 0 Å². The number of piperidine rings is 1. The van der Waals surface area contributed by atoms with Crippen LogP contribution in [-0.2, 0) is 0 Å². The van der Waals surface area contributed by atoms with Gasteiger partial charge in [-0.15, -0.1) is 0 Å². The van der Waals surface area contributed by atoms with Crippen LogP contribution in [0.4, 0.5) is 0 Å². The second kappa shape index (κ2) is 3.91. The van der Waals surface area contributed by atoms with Crippen LogP contribution in [-0.4, -0.2) is 16.7 Å². The van der Waals surface area contributed by atoms with Crippen LogP contribution in [0.25, 0.3) is 10.9 Å². The zero-order chi connectivity index (χ0) is 11.0. The Morgan fingerprint density at radius 1 is 1.31 bits per heavy atom. The minimum Gasteiger partial charge on any atom is -0.310 e. The lowest BCUT2D eigenvalue weighted by molar-refractivity contribution is 0.413. The number of nitrogens with one attached hydrogen (secondary N) is 2. The molecule has 1 unspecified atom stereocenters. The van der Waals surface area contributed by atoms with Crippen LogP contribution in [0.15, 0.2) is 18.3 Å². The van der Waals surface area contributed by atoms with Gasteiger partial charge < -0.3 is 5.32 Å². The fourth-order valence-electron chi connectivity index (χ4n) is 2.71. The number of H-pyrrole nitrogens is 1. The predicted molar refractivity (Wildman–Crippen MR) is 65.4 cm³/mol. The summed E-state index contributed by atoms with van der Waals surface area (Å²) in [6, 6.07) is 4.81. The first kappa shape index (κ1) is 9.85. The Hall–Kier alpha value is -1.35. The number of fused-ring (bicyclic) bond motifs is 1. The van der Waals surface area contributed by atoms with Gasteiger partial charge >= 0.3 is 0 Å². The third kappa shape index (κ3) is 1.52. The monoisotopic (exact) mass is 215 g/mol. The van der Waals surface area contributed by atoms with Gasteiger partial charge in [0, 0.05) is 11.4 Å². The van der Waals surface area contributed by atoms with Crippen molar-refractivity contribution in [3.05, 3.63) is 29.5 Å². The first-order chi connectivity index (χ1) is 7.86. The fraction of sp³-hybridized carbons (Fsp3) is 0.462. The zero-order valence-electron chi connectivity index (χ0n) is 9.59. The molecular weight excluding hydrogens is 198 g/mol. The summed E-state index contributed by atoms with van der Waals surface area (Å²) in [5.74, 6) is 0. The number of nitrogens with zero attached hydrogens (tertiary/aromatic N) is 1. The number of rotatable bonds is 1. The quantitative estimate of drug-likeness (QED) is 0.768. The fourth-order valence-corrected chi connectivity index (χ4v) is 2.71. The topological polar surface area (TPSA) is 40.7 Å². The number of aryl methyl sites for hydroxylation is 1. The molecule has 2 N–H and O–H groups in total. The summed E-state index contributed by atoms with van der Waals surface area (Å²) in [7, 11) is 0. The van der Waals surface area contributed by atoms with Crippen molar-refractivity contribution in [2.75, 3.05) is 6.54 Å². The van der Waals surface area contributed by atoms with E-state index in [1.807, 2.05) is 6.20 Å². The minimum atomic E-state index is 0.509. The molecule has 1 saturated heterocycles. The van der Waals surface area contributed by atoms with Gasteiger partial charge in [-0.1, -0.05) is 12.5 Å². The first-order valence-electron chi connectivity index (χ1n) is 6.02. The molecule has 1 aromatic carbocycles. The third-order valence-corrected chi connectivity index (χ3v) is 3.54. The molecule has 1 aromatic heterocycles. The van der Waals surface area contributed by atoms with Gasteiger partial charge in [0.15, 0.2) is 0 Å². The maximum Gasteiger partial charge on any atom is 0.0653 e. The normalized spacial score (nSPS) is 21.4. The minimum absolute atomic E-state index is 0.509. The van der Waals surface area contributed by atoms with Gasteiger partial charge in [-0.2, -0.15) is 5.10 Å². The lowest BCUT2D eigenvalue weighted by atomic mass is 9.92. The lowest BCUT2D eigenvalue weighted by Gasteiger charge is -2.25.